The van der Waals surface area contributed by atoms with Gasteiger partial charge in [0.05, 0.1) is 16.7 Å². The Bertz CT molecular complexity index is 855. The van der Waals surface area contributed by atoms with Crippen LogP contribution >= 0.6 is 23.2 Å². The van der Waals surface area contributed by atoms with Crippen molar-refractivity contribution in [2.24, 2.45) is 0 Å². The largest absolute Gasteiger partial charge is 0.461 e. The minimum atomic E-state index is -0.401. The van der Waals surface area contributed by atoms with Gasteiger partial charge in [-0.25, -0.2) is 4.79 Å². The second kappa shape index (κ2) is 7.22. The highest BCUT2D eigenvalue weighted by atomic mass is 35.5. The first kappa shape index (κ1) is 18.0. The number of ether oxygens (including phenoxy) is 1. The number of aromatic nitrogens is 1. The zero-order valence-electron chi connectivity index (χ0n) is 14.2. The second-order valence-corrected chi connectivity index (χ2v) is 6.94. The monoisotopic (exact) mass is 379 g/mol. The molecule has 0 aliphatic heterocycles. The lowest BCUT2D eigenvalue weighted by Crippen LogP contribution is -2.17. The quantitative estimate of drug-likeness (QED) is 0.713. The Balaban J connectivity index is 2.12. The number of hydrogen-bond donors (Lipinski definition) is 0. The average molecular weight is 380 g/mol. The normalized spacial score (nSPS) is 13.7. The van der Waals surface area contributed by atoms with Crippen LogP contribution in [0.3, 0.4) is 0 Å². The zero-order valence-corrected chi connectivity index (χ0v) is 15.7. The van der Waals surface area contributed by atoms with E-state index in [1.807, 2.05) is 17.6 Å². The molecule has 4 nitrogen and oxygen atoms in total. The van der Waals surface area contributed by atoms with Crippen LogP contribution in [0.1, 0.15) is 57.4 Å². The molecule has 0 saturated heterocycles. The first-order valence-corrected chi connectivity index (χ1v) is 9.05. The first-order valence-electron chi connectivity index (χ1n) is 8.30. The van der Waals surface area contributed by atoms with Crippen LogP contribution in [0, 0.1) is 6.92 Å². The Morgan fingerprint density at radius 2 is 2.00 bits per heavy atom. The Morgan fingerprint density at radius 1 is 1.24 bits per heavy atom. The lowest BCUT2D eigenvalue weighted by molar-refractivity contribution is 0.0513. The molecular formula is C19H19Cl2NO3. The van der Waals surface area contributed by atoms with E-state index in [0.29, 0.717) is 39.8 Å². The van der Waals surface area contributed by atoms with E-state index in [0.717, 1.165) is 24.1 Å². The lowest BCUT2D eigenvalue weighted by atomic mass is 9.93. The number of esters is 1. The molecule has 1 aliphatic rings. The smallest absolute Gasteiger partial charge is 0.355 e. The predicted octanol–water partition coefficient (Wildman–Crippen LogP) is 4.85. The number of hydrogen-bond acceptors (Lipinski definition) is 3. The van der Waals surface area contributed by atoms with Crippen molar-refractivity contribution in [2.45, 2.75) is 39.7 Å². The molecule has 0 spiro atoms. The number of nitrogens with zero attached hydrogens (tertiary/aromatic N) is 1. The first-order chi connectivity index (χ1) is 11.9. The molecule has 6 heteroatoms. The SMILES string of the molecule is CCOC(=O)c1c(C)c2c(n1Cc1ccc(Cl)c(Cl)c1)CCCC2=O. The summed E-state index contributed by atoms with van der Waals surface area (Å²) in [7, 11) is 0. The van der Waals surface area contributed by atoms with Crippen LogP contribution in [0.4, 0.5) is 0 Å². The predicted molar refractivity (Wildman–Crippen MR) is 98.0 cm³/mol. The van der Waals surface area contributed by atoms with Crippen LogP contribution < -0.4 is 0 Å². The fourth-order valence-corrected chi connectivity index (χ4v) is 3.76. The molecule has 1 heterocycles. The Hall–Kier alpha value is -1.78. The molecular weight excluding hydrogens is 361 g/mol. The van der Waals surface area contributed by atoms with E-state index in [1.54, 1.807) is 19.1 Å². The van der Waals surface area contributed by atoms with Crippen molar-refractivity contribution in [2.75, 3.05) is 6.61 Å². The summed E-state index contributed by atoms with van der Waals surface area (Å²) in [5.41, 5.74) is 3.65. The van der Waals surface area contributed by atoms with Gasteiger partial charge < -0.3 is 9.30 Å². The minimum absolute atomic E-state index is 0.0946. The summed E-state index contributed by atoms with van der Waals surface area (Å²) >= 11 is 12.1. The van der Waals surface area contributed by atoms with Crippen molar-refractivity contribution in [1.29, 1.82) is 0 Å². The fourth-order valence-electron chi connectivity index (χ4n) is 3.44. The van der Waals surface area contributed by atoms with E-state index in [-0.39, 0.29) is 12.4 Å². The van der Waals surface area contributed by atoms with Gasteiger partial charge in [0.2, 0.25) is 0 Å². The van der Waals surface area contributed by atoms with Gasteiger partial charge in [0, 0.05) is 24.2 Å². The Labute approximate surface area is 156 Å². The molecule has 0 bridgehead atoms. The number of carbonyl (C=O) groups excluding carboxylic acids is 2. The molecule has 2 aromatic rings. The Morgan fingerprint density at radius 3 is 2.68 bits per heavy atom. The van der Waals surface area contributed by atoms with E-state index in [1.165, 1.54) is 0 Å². The third-order valence-electron chi connectivity index (χ3n) is 4.50. The molecule has 1 aromatic carbocycles. The van der Waals surface area contributed by atoms with Crippen molar-refractivity contribution in [3.05, 3.63) is 56.3 Å². The van der Waals surface area contributed by atoms with E-state index < -0.39 is 5.97 Å². The van der Waals surface area contributed by atoms with Crippen molar-refractivity contribution in [3.63, 3.8) is 0 Å². The van der Waals surface area contributed by atoms with Crippen LogP contribution in [0.25, 0.3) is 0 Å². The lowest BCUT2D eigenvalue weighted by Gasteiger charge is -2.16. The molecule has 0 amide bonds. The second-order valence-electron chi connectivity index (χ2n) is 6.13. The van der Waals surface area contributed by atoms with Gasteiger partial charge in [-0.1, -0.05) is 29.3 Å². The van der Waals surface area contributed by atoms with Gasteiger partial charge in [0.25, 0.3) is 0 Å². The number of ketones is 1. The maximum absolute atomic E-state index is 12.5. The van der Waals surface area contributed by atoms with Gasteiger partial charge in [-0.05, 0) is 49.9 Å². The standard InChI is InChI=1S/C19H19Cl2NO3/c1-3-25-19(24)18-11(2)17-15(5-4-6-16(17)23)22(18)10-12-7-8-13(20)14(21)9-12/h7-9H,3-6,10H2,1-2H3. The molecule has 1 aliphatic carbocycles. The van der Waals surface area contributed by atoms with Crippen molar-refractivity contribution in [3.8, 4) is 0 Å². The van der Waals surface area contributed by atoms with Gasteiger partial charge >= 0.3 is 5.97 Å². The van der Waals surface area contributed by atoms with Gasteiger partial charge in [0.1, 0.15) is 5.69 Å². The average Bonchev–Trinajstić information content (AvgIpc) is 2.85. The maximum Gasteiger partial charge on any atom is 0.355 e. The van der Waals surface area contributed by atoms with Crippen molar-refractivity contribution < 1.29 is 14.3 Å². The van der Waals surface area contributed by atoms with Gasteiger partial charge in [-0.3, -0.25) is 4.79 Å². The van der Waals surface area contributed by atoms with Gasteiger partial charge in [-0.2, -0.15) is 0 Å². The number of rotatable bonds is 4. The minimum Gasteiger partial charge on any atom is -0.461 e. The number of carbonyl (C=O) groups is 2. The number of Topliss-reactive ketones (excluding diaryl/α,β-unsaturated/α-hetero) is 1. The highest BCUT2D eigenvalue weighted by Crippen LogP contribution is 2.32. The molecule has 0 unspecified atom stereocenters. The zero-order chi connectivity index (χ0) is 18.1. The fraction of sp³-hybridized carbons (Fsp3) is 0.368. The highest BCUT2D eigenvalue weighted by Gasteiger charge is 2.31. The molecule has 0 radical (unpaired) electrons. The number of benzene rings is 1. The molecule has 0 saturated carbocycles. The summed E-state index contributed by atoms with van der Waals surface area (Å²) in [4.78, 5) is 24.9. The number of fused-ring (bicyclic) bond motifs is 1. The van der Waals surface area contributed by atoms with Gasteiger partial charge in [0.15, 0.2) is 5.78 Å². The molecule has 0 atom stereocenters. The summed E-state index contributed by atoms with van der Waals surface area (Å²) in [6, 6.07) is 5.39. The van der Waals surface area contributed by atoms with E-state index in [4.69, 9.17) is 27.9 Å². The third-order valence-corrected chi connectivity index (χ3v) is 5.24. The molecule has 0 N–H and O–H groups in total. The topological polar surface area (TPSA) is 48.3 Å². The van der Waals surface area contributed by atoms with Crippen LogP contribution in [-0.2, 0) is 17.7 Å². The molecule has 0 fully saturated rings. The summed E-state index contributed by atoms with van der Waals surface area (Å²) < 4.78 is 7.13. The third kappa shape index (κ3) is 3.33. The van der Waals surface area contributed by atoms with E-state index >= 15 is 0 Å². The van der Waals surface area contributed by atoms with Crippen LogP contribution in [0.5, 0.6) is 0 Å². The van der Waals surface area contributed by atoms with Crippen molar-refractivity contribution in [1.82, 2.24) is 4.57 Å². The Kier molecular flexibility index (Phi) is 5.21. The molecule has 1 aromatic heterocycles. The maximum atomic E-state index is 12.5. The molecule has 3 rings (SSSR count). The molecule has 25 heavy (non-hydrogen) atoms. The van der Waals surface area contributed by atoms with Crippen LogP contribution in [-0.4, -0.2) is 22.9 Å². The summed E-state index contributed by atoms with van der Waals surface area (Å²) in [5.74, 6) is -0.306. The van der Waals surface area contributed by atoms with Gasteiger partial charge in [-0.15, -0.1) is 0 Å². The summed E-state index contributed by atoms with van der Waals surface area (Å²) in [6.07, 6.45) is 2.08. The summed E-state index contributed by atoms with van der Waals surface area (Å²) in [5, 5.41) is 0.947. The van der Waals surface area contributed by atoms with Crippen LogP contribution in [0.15, 0.2) is 18.2 Å². The highest BCUT2D eigenvalue weighted by molar-refractivity contribution is 6.42. The van der Waals surface area contributed by atoms with Crippen molar-refractivity contribution >= 4 is 35.0 Å². The molecule has 132 valence electrons. The van der Waals surface area contributed by atoms with E-state index in [9.17, 15) is 9.59 Å². The summed E-state index contributed by atoms with van der Waals surface area (Å²) in [6.45, 7) is 4.31. The number of halogens is 2. The van der Waals surface area contributed by atoms with Crippen LogP contribution in [0.2, 0.25) is 10.0 Å². The van der Waals surface area contributed by atoms with E-state index in [2.05, 4.69) is 0 Å².